The number of thiol groups is 1. The zero-order valence-electron chi connectivity index (χ0n) is 13.6. The van der Waals surface area contributed by atoms with Crippen LogP contribution in [0.15, 0.2) is 0 Å². The summed E-state index contributed by atoms with van der Waals surface area (Å²) in [4.78, 5) is 0. The Hall–Kier alpha value is 0.487. The second kappa shape index (κ2) is 11.2. The first-order chi connectivity index (χ1) is 8.89. The van der Waals surface area contributed by atoms with Gasteiger partial charge >= 0.3 is 8.56 Å². The van der Waals surface area contributed by atoms with Gasteiger partial charge in [0.25, 0.3) is 0 Å². The van der Waals surface area contributed by atoms with Gasteiger partial charge in [-0.2, -0.15) is 12.6 Å². The van der Waals surface area contributed by atoms with Crippen LogP contribution in [-0.2, 0) is 8.85 Å². The van der Waals surface area contributed by atoms with Crippen molar-refractivity contribution in [2.24, 2.45) is 0 Å². The van der Waals surface area contributed by atoms with Crippen LogP contribution in [0.2, 0.25) is 12.6 Å². The minimum atomic E-state index is -1.96. The summed E-state index contributed by atoms with van der Waals surface area (Å²) in [5, 5.41) is 0. The Bertz CT molecular complexity index is 200. The largest absolute Gasteiger partial charge is 0.392 e. The number of rotatable bonds is 12. The van der Waals surface area contributed by atoms with Crippen molar-refractivity contribution in [2.45, 2.75) is 91.0 Å². The lowest BCUT2D eigenvalue weighted by Gasteiger charge is -2.31. The van der Waals surface area contributed by atoms with E-state index in [-0.39, 0.29) is 12.2 Å². The van der Waals surface area contributed by atoms with E-state index < -0.39 is 8.56 Å². The topological polar surface area (TPSA) is 18.5 Å². The van der Waals surface area contributed by atoms with Crippen LogP contribution in [0.5, 0.6) is 0 Å². The van der Waals surface area contributed by atoms with Crippen LogP contribution < -0.4 is 0 Å². The Morgan fingerprint density at radius 1 is 0.789 bits per heavy atom. The molecular weight excluding hydrogens is 272 g/mol. The van der Waals surface area contributed by atoms with Gasteiger partial charge in [0.15, 0.2) is 0 Å². The van der Waals surface area contributed by atoms with Gasteiger partial charge in [0.2, 0.25) is 0 Å². The maximum absolute atomic E-state index is 6.10. The molecule has 0 saturated carbocycles. The van der Waals surface area contributed by atoms with E-state index >= 15 is 0 Å². The van der Waals surface area contributed by atoms with Gasteiger partial charge < -0.3 is 8.85 Å². The van der Waals surface area contributed by atoms with E-state index in [4.69, 9.17) is 8.85 Å². The normalized spacial score (nSPS) is 12.6. The summed E-state index contributed by atoms with van der Waals surface area (Å²) in [5.74, 6) is 1.02. The highest BCUT2D eigenvalue weighted by Gasteiger charge is 2.33. The zero-order chi connectivity index (χ0) is 14.7. The monoisotopic (exact) mass is 306 g/mol. The second-order valence-electron chi connectivity index (χ2n) is 6.06. The molecule has 116 valence electrons. The molecule has 0 atom stereocenters. The molecule has 0 radical (unpaired) electrons. The lowest BCUT2D eigenvalue weighted by atomic mass is 10.1. The standard InChI is InChI=1S/C15H34O2SSi/c1-14(2)16-19(5,17-15(3)4)13-11-9-7-6-8-10-12-18/h14-15,18H,6-13H2,1-5H3. The quantitative estimate of drug-likeness (QED) is 0.304. The second-order valence-corrected chi connectivity index (χ2v) is 9.75. The highest BCUT2D eigenvalue weighted by molar-refractivity contribution is 7.80. The first-order valence-corrected chi connectivity index (χ1v) is 11.0. The molecule has 2 nitrogen and oxygen atoms in total. The molecule has 0 bridgehead atoms. The van der Waals surface area contributed by atoms with Crippen molar-refractivity contribution < 1.29 is 8.85 Å². The average molecular weight is 307 g/mol. The van der Waals surface area contributed by atoms with Crippen molar-refractivity contribution in [2.75, 3.05) is 5.75 Å². The molecule has 0 aromatic rings. The summed E-state index contributed by atoms with van der Waals surface area (Å²) >= 11 is 4.24. The van der Waals surface area contributed by atoms with Gasteiger partial charge in [0, 0.05) is 12.2 Å². The SMILES string of the molecule is CC(C)O[Si](C)(CCCCCCCCS)OC(C)C. The molecule has 0 saturated heterocycles. The summed E-state index contributed by atoms with van der Waals surface area (Å²) in [7, 11) is -1.96. The Labute approximate surface area is 127 Å². The van der Waals surface area contributed by atoms with Gasteiger partial charge in [-0.1, -0.05) is 32.1 Å². The van der Waals surface area contributed by atoms with Crippen molar-refractivity contribution in [3.63, 3.8) is 0 Å². The average Bonchev–Trinajstić information content (AvgIpc) is 2.25. The summed E-state index contributed by atoms with van der Waals surface area (Å²) in [5.41, 5.74) is 0. The van der Waals surface area contributed by atoms with E-state index in [1.807, 2.05) is 0 Å². The number of hydrogen-bond acceptors (Lipinski definition) is 3. The first kappa shape index (κ1) is 19.5. The van der Waals surface area contributed by atoms with Gasteiger partial charge in [0.05, 0.1) is 0 Å². The van der Waals surface area contributed by atoms with E-state index in [0.29, 0.717) is 0 Å². The summed E-state index contributed by atoms with van der Waals surface area (Å²) in [6.45, 7) is 10.6. The molecule has 0 spiro atoms. The molecule has 0 aliphatic rings. The summed E-state index contributed by atoms with van der Waals surface area (Å²) in [6.07, 6.45) is 8.33. The molecular formula is C15H34O2SSi. The lowest BCUT2D eigenvalue weighted by molar-refractivity contribution is 0.109. The van der Waals surface area contributed by atoms with Crippen LogP contribution in [0.4, 0.5) is 0 Å². The molecule has 4 heteroatoms. The molecule has 0 rings (SSSR count). The molecule has 0 aromatic carbocycles. The van der Waals surface area contributed by atoms with Crippen LogP contribution in [0, 0.1) is 0 Å². The predicted octanol–water partition coefficient (Wildman–Crippen LogP) is 5.18. The molecule has 0 heterocycles. The Morgan fingerprint density at radius 2 is 1.21 bits per heavy atom. The van der Waals surface area contributed by atoms with E-state index in [1.165, 1.54) is 38.5 Å². The molecule has 0 aliphatic carbocycles. The Balaban J connectivity index is 3.86. The van der Waals surface area contributed by atoms with Crippen LogP contribution in [0.1, 0.15) is 66.2 Å². The molecule has 0 unspecified atom stereocenters. The third-order valence-electron chi connectivity index (χ3n) is 3.01. The van der Waals surface area contributed by atoms with Crippen LogP contribution >= 0.6 is 12.6 Å². The predicted molar refractivity (Wildman–Crippen MR) is 90.4 cm³/mol. The maximum Gasteiger partial charge on any atom is 0.335 e. The molecule has 0 N–H and O–H groups in total. The van der Waals surface area contributed by atoms with Gasteiger partial charge in [-0.25, -0.2) is 0 Å². The van der Waals surface area contributed by atoms with E-state index in [9.17, 15) is 0 Å². The molecule has 0 amide bonds. The minimum Gasteiger partial charge on any atom is -0.392 e. The number of hydrogen-bond donors (Lipinski definition) is 1. The van der Waals surface area contributed by atoms with Gasteiger partial charge in [-0.05, 0) is 52.5 Å². The molecule has 0 aromatic heterocycles. The molecule has 0 fully saturated rings. The maximum atomic E-state index is 6.10. The first-order valence-electron chi connectivity index (χ1n) is 7.86. The van der Waals surface area contributed by atoms with Crippen LogP contribution in [-0.4, -0.2) is 26.5 Å². The number of unbranched alkanes of at least 4 members (excludes halogenated alkanes) is 5. The highest BCUT2D eigenvalue weighted by Crippen LogP contribution is 2.22. The zero-order valence-corrected chi connectivity index (χ0v) is 15.5. The van der Waals surface area contributed by atoms with E-state index in [2.05, 4.69) is 46.9 Å². The van der Waals surface area contributed by atoms with Crippen molar-refractivity contribution in [1.82, 2.24) is 0 Å². The highest BCUT2D eigenvalue weighted by atomic mass is 32.1. The van der Waals surface area contributed by atoms with Gasteiger partial charge in [0.1, 0.15) is 0 Å². The van der Waals surface area contributed by atoms with E-state index in [1.54, 1.807) is 0 Å². The molecule has 0 aliphatic heterocycles. The third kappa shape index (κ3) is 12.0. The fourth-order valence-electron chi connectivity index (χ4n) is 2.41. The van der Waals surface area contributed by atoms with Gasteiger partial charge in [-0.3, -0.25) is 0 Å². The van der Waals surface area contributed by atoms with Crippen LogP contribution in [0.25, 0.3) is 0 Å². The van der Waals surface area contributed by atoms with Crippen molar-refractivity contribution in [1.29, 1.82) is 0 Å². The fourth-order valence-corrected chi connectivity index (χ4v) is 5.81. The van der Waals surface area contributed by atoms with Crippen molar-refractivity contribution in [3.8, 4) is 0 Å². The summed E-state index contributed by atoms with van der Waals surface area (Å²) in [6, 6.07) is 1.12. The Morgan fingerprint density at radius 3 is 1.63 bits per heavy atom. The lowest BCUT2D eigenvalue weighted by Crippen LogP contribution is -2.42. The van der Waals surface area contributed by atoms with E-state index in [0.717, 1.165) is 11.8 Å². The van der Waals surface area contributed by atoms with Crippen molar-refractivity contribution in [3.05, 3.63) is 0 Å². The third-order valence-corrected chi connectivity index (χ3v) is 6.53. The molecule has 19 heavy (non-hydrogen) atoms. The Kier molecular flexibility index (Phi) is 11.5. The van der Waals surface area contributed by atoms with Crippen molar-refractivity contribution >= 4 is 21.2 Å². The fraction of sp³-hybridized carbons (Fsp3) is 1.00. The smallest absolute Gasteiger partial charge is 0.335 e. The minimum absolute atomic E-state index is 0.269. The van der Waals surface area contributed by atoms with Gasteiger partial charge in [-0.15, -0.1) is 0 Å². The summed E-state index contributed by atoms with van der Waals surface area (Å²) < 4.78 is 12.2. The van der Waals surface area contributed by atoms with Crippen LogP contribution in [0.3, 0.4) is 0 Å².